The molecule has 0 saturated heterocycles. The van der Waals surface area contributed by atoms with E-state index >= 15 is 0 Å². The molecule has 0 aromatic heterocycles. The van der Waals surface area contributed by atoms with Crippen molar-refractivity contribution in [3.63, 3.8) is 0 Å². The minimum absolute atomic E-state index is 0.0661. The Kier molecular flexibility index (Phi) is 5.63. The van der Waals surface area contributed by atoms with Gasteiger partial charge in [0.05, 0.1) is 44.8 Å². The van der Waals surface area contributed by atoms with E-state index in [1.165, 1.54) is 40.6 Å². The van der Waals surface area contributed by atoms with Crippen LogP contribution in [0.4, 0.5) is 5.69 Å². The molecular weight excluding hydrogens is 346 g/mol. The van der Waals surface area contributed by atoms with Crippen LogP contribution in [-0.4, -0.2) is 36.9 Å². The molecule has 0 unspecified atom stereocenters. The zero-order chi connectivity index (χ0) is 18.6. The molecule has 2 rings (SSSR count). The van der Waals surface area contributed by atoms with Gasteiger partial charge in [-0.05, 0) is 17.7 Å². The van der Waals surface area contributed by atoms with Crippen LogP contribution in [0.15, 0.2) is 35.2 Å². The summed E-state index contributed by atoms with van der Waals surface area (Å²) < 4.78 is 46.3. The normalized spacial score (nSPS) is 11.0. The third-order valence-electron chi connectivity index (χ3n) is 3.65. The van der Waals surface area contributed by atoms with Gasteiger partial charge in [-0.1, -0.05) is 6.07 Å². The van der Waals surface area contributed by atoms with Gasteiger partial charge in [0.25, 0.3) is 0 Å². The maximum Gasteiger partial charge on any atom is 0.203 e. The smallest absolute Gasteiger partial charge is 0.203 e. The van der Waals surface area contributed by atoms with Crippen LogP contribution in [0.1, 0.15) is 5.56 Å². The van der Waals surface area contributed by atoms with E-state index in [0.717, 1.165) is 0 Å². The topological polar surface area (TPSA) is 97.1 Å². The molecule has 0 fully saturated rings. The molecule has 0 heterocycles. The standard InChI is InChI=1S/C17H21NO6S/c1-21-14-6-5-11(7-13(14)18)10-25(19,20)12-8-15(22-2)17(24-4)16(9-12)23-3/h5-9H,10,18H2,1-4H3. The van der Waals surface area contributed by atoms with Crippen LogP contribution < -0.4 is 24.7 Å². The molecule has 25 heavy (non-hydrogen) atoms. The largest absolute Gasteiger partial charge is 0.495 e. The highest BCUT2D eigenvalue weighted by Gasteiger charge is 2.22. The summed E-state index contributed by atoms with van der Waals surface area (Å²) in [6.45, 7) is 0. The van der Waals surface area contributed by atoms with E-state index in [9.17, 15) is 8.42 Å². The zero-order valence-corrected chi connectivity index (χ0v) is 15.3. The third kappa shape index (κ3) is 3.90. The summed E-state index contributed by atoms with van der Waals surface area (Å²) in [4.78, 5) is 0.0661. The summed E-state index contributed by atoms with van der Waals surface area (Å²) in [6, 6.07) is 7.68. The van der Waals surface area contributed by atoms with Crippen LogP contribution in [0.25, 0.3) is 0 Å². The Labute approximate surface area is 147 Å². The van der Waals surface area contributed by atoms with Crippen LogP contribution in [0.5, 0.6) is 23.0 Å². The third-order valence-corrected chi connectivity index (χ3v) is 5.32. The van der Waals surface area contributed by atoms with Gasteiger partial charge in [-0.3, -0.25) is 0 Å². The van der Waals surface area contributed by atoms with Gasteiger partial charge in [-0.15, -0.1) is 0 Å². The highest BCUT2D eigenvalue weighted by atomic mass is 32.2. The van der Waals surface area contributed by atoms with Crippen LogP contribution in [0.2, 0.25) is 0 Å². The van der Waals surface area contributed by atoms with Gasteiger partial charge >= 0.3 is 0 Å². The van der Waals surface area contributed by atoms with Crippen LogP contribution in [0.3, 0.4) is 0 Å². The van der Waals surface area contributed by atoms with E-state index in [-0.39, 0.29) is 22.1 Å². The van der Waals surface area contributed by atoms with E-state index in [1.54, 1.807) is 18.2 Å². The lowest BCUT2D eigenvalue weighted by molar-refractivity contribution is 0.323. The van der Waals surface area contributed by atoms with E-state index in [1.807, 2.05) is 0 Å². The molecule has 0 atom stereocenters. The van der Waals surface area contributed by atoms with Crippen molar-refractivity contribution in [1.82, 2.24) is 0 Å². The molecule has 0 aliphatic rings. The Hall–Kier alpha value is -2.61. The summed E-state index contributed by atoms with van der Waals surface area (Å²) in [5.74, 6) is 1.15. The first-order chi connectivity index (χ1) is 11.9. The first-order valence-corrected chi connectivity index (χ1v) is 8.96. The van der Waals surface area contributed by atoms with Gasteiger partial charge < -0.3 is 24.7 Å². The van der Waals surface area contributed by atoms with Crippen LogP contribution in [-0.2, 0) is 15.6 Å². The highest BCUT2D eigenvalue weighted by Crippen LogP contribution is 2.40. The Bertz CT molecular complexity index is 838. The second kappa shape index (κ2) is 7.52. The van der Waals surface area contributed by atoms with E-state index in [2.05, 4.69) is 0 Å². The van der Waals surface area contributed by atoms with E-state index in [0.29, 0.717) is 22.7 Å². The lowest BCUT2D eigenvalue weighted by Crippen LogP contribution is -2.07. The van der Waals surface area contributed by atoms with Gasteiger partial charge in [-0.25, -0.2) is 8.42 Å². The van der Waals surface area contributed by atoms with Gasteiger partial charge in [-0.2, -0.15) is 0 Å². The minimum atomic E-state index is -3.65. The number of hydrogen-bond acceptors (Lipinski definition) is 7. The molecule has 0 amide bonds. The van der Waals surface area contributed by atoms with Gasteiger partial charge in [0.1, 0.15) is 5.75 Å². The molecular formula is C17H21NO6S. The fourth-order valence-corrected chi connectivity index (χ4v) is 3.77. The lowest BCUT2D eigenvalue weighted by Gasteiger charge is -2.14. The fourth-order valence-electron chi connectivity index (χ4n) is 2.41. The molecule has 8 heteroatoms. The number of sulfone groups is 1. The first-order valence-electron chi connectivity index (χ1n) is 7.31. The molecule has 0 saturated carbocycles. The van der Waals surface area contributed by atoms with E-state index in [4.69, 9.17) is 24.7 Å². The molecule has 0 spiro atoms. The number of hydrogen-bond donors (Lipinski definition) is 1. The average molecular weight is 367 g/mol. The Balaban J connectivity index is 2.44. The predicted molar refractivity (Wildman–Crippen MR) is 94.4 cm³/mol. The van der Waals surface area contributed by atoms with Crippen molar-refractivity contribution in [3.8, 4) is 23.0 Å². The van der Waals surface area contributed by atoms with Gasteiger partial charge in [0.15, 0.2) is 21.3 Å². The van der Waals surface area contributed by atoms with Crippen molar-refractivity contribution in [2.45, 2.75) is 10.6 Å². The summed E-state index contributed by atoms with van der Waals surface area (Å²) in [7, 11) is 2.16. The SMILES string of the molecule is COc1ccc(CS(=O)(=O)c2cc(OC)c(OC)c(OC)c2)cc1N. The second-order valence-electron chi connectivity index (χ2n) is 5.20. The van der Waals surface area contributed by atoms with Crippen molar-refractivity contribution in [3.05, 3.63) is 35.9 Å². The number of benzene rings is 2. The van der Waals surface area contributed by atoms with Crippen molar-refractivity contribution >= 4 is 15.5 Å². The van der Waals surface area contributed by atoms with Crippen LogP contribution in [0, 0.1) is 0 Å². The zero-order valence-electron chi connectivity index (χ0n) is 14.5. The van der Waals surface area contributed by atoms with Crippen molar-refractivity contribution < 1.29 is 27.4 Å². The number of rotatable bonds is 7. The Morgan fingerprint density at radius 2 is 1.40 bits per heavy atom. The van der Waals surface area contributed by atoms with Crippen LogP contribution >= 0.6 is 0 Å². The second-order valence-corrected chi connectivity index (χ2v) is 7.19. The van der Waals surface area contributed by atoms with Crippen molar-refractivity contribution in [2.75, 3.05) is 34.2 Å². The molecule has 0 radical (unpaired) electrons. The summed E-state index contributed by atoms with van der Waals surface area (Å²) >= 11 is 0. The average Bonchev–Trinajstić information content (AvgIpc) is 2.60. The molecule has 2 N–H and O–H groups in total. The Morgan fingerprint density at radius 3 is 1.84 bits per heavy atom. The molecule has 0 aliphatic carbocycles. The number of ether oxygens (including phenoxy) is 4. The summed E-state index contributed by atoms with van der Waals surface area (Å²) in [6.07, 6.45) is 0. The van der Waals surface area contributed by atoms with Gasteiger partial charge in [0, 0.05) is 12.1 Å². The number of nitrogen functional groups attached to an aromatic ring is 1. The Morgan fingerprint density at radius 1 is 0.840 bits per heavy atom. The van der Waals surface area contributed by atoms with Gasteiger partial charge in [0.2, 0.25) is 5.75 Å². The minimum Gasteiger partial charge on any atom is -0.495 e. The maximum atomic E-state index is 12.8. The first kappa shape index (κ1) is 18.7. The highest BCUT2D eigenvalue weighted by molar-refractivity contribution is 7.90. The number of methoxy groups -OCH3 is 4. The number of nitrogens with two attached hydrogens (primary N) is 1. The molecule has 2 aromatic rings. The predicted octanol–water partition coefficient (Wildman–Crippen LogP) is 2.28. The molecule has 7 nitrogen and oxygen atoms in total. The van der Waals surface area contributed by atoms with E-state index < -0.39 is 9.84 Å². The summed E-state index contributed by atoms with van der Waals surface area (Å²) in [5, 5.41) is 0. The van der Waals surface area contributed by atoms with Crippen molar-refractivity contribution in [2.24, 2.45) is 0 Å². The quantitative estimate of drug-likeness (QED) is 0.750. The molecule has 0 aliphatic heterocycles. The molecule has 136 valence electrons. The maximum absolute atomic E-state index is 12.8. The monoisotopic (exact) mass is 367 g/mol. The lowest BCUT2D eigenvalue weighted by atomic mass is 10.2. The number of anilines is 1. The molecule has 0 bridgehead atoms. The fraction of sp³-hybridized carbons (Fsp3) is 0.294. The van der Waals surface area contributed by atoms with Crippen molar-refractivity contribution in [1.29, 1.82) is 0 Å². The summed E-state index contributed by atoms with van der Waals surface area (Å²) in [5.41, 5.74) is 6.77. The molecule has 2 aromatic carbocycles.